The van der Waals surface area contributed by atoms with E-state index >= 15 is 0 Å². The molecule has 2 aromatic carbocycles. The molecule has 1 aliphatic carbocycles. The van der Waals surface area contributed by atoms with E-state index in [2.05, 4.69) is 0 Å². The Hall–Kier alpha value is -3.32. The smallest absolute Gasteiger partial charge is 0.315 e. The molecule has 0 spiro atoms. The molecule has 0 N–H and O–H groups in total. The van der Waals surface area contributed by atoms with E-state index in [1.54, 1.807) is 19.1 Å². The Kier molecular flexibility index (Phi) is 7.17. The Labute approximate surface area is 209 Å². The summed E-state index contributed by atoms with van der Waals surface area (Å²) in [4.78, 5) is 31.4. The molecule has 0 bridgehead atoms. The number of Topliss-reactive ketones (excluding diaryl/α,β-unsaturated/α-hetero) is 1. The van der Waals surface area contributed by atoms with Crippen LogP contribution in [-0.4, -0.2) is 45.9 Å². The predicted molar refractivity (Wildman–Crippen MR) is 133 cm³/mol. The van der Waals surface area contributed by atoms with E-state index in [1.165, 1.54) is 28.4 Å². The van der Waals surface area contributed by atoms with Crippen molar-refractivity contribution in [2.24, 2.45) is 10.9 Å². The standard InChI is InChI=1S/C27H28ClNO6/c1-14-23(27(31)35-5)24(16-12-21(32-2)26(34-4)22(13-16)33-3)25-19(29-14)10-15(11-20(25)30)17-8-6-7-9-18(17)28/h6-9,12-13,15,23-24H,10-11H2,1-5H3/t15-,23?,24-/m1/s1. The highest BCUT2D eigenvalue weighted by Crippen LogP contribution is 2.50. The molecule has 0 saturated carbocycles. The van der Waals surface area contributed by atoms with Gasteiger partial charge in [0, 0.05) is 34.3 Å². The average molecular weight is 498 g/mol. The Morgan fingerprint density at radius 1 is 1.00 bits per heavy atom. The number of benzene rings is 2. The van der Waals surface area contributed by atoms with Crippen LogP contribution < -0.4 is 14.2 Å². The van der Waals surface area contributed by atoms with Crippen LogP contribution in [0.2, 0.25) is 5.02 Å². The highest BCUT2D eigenvalue weighted by atomic mass is 35.5. The van der Waals surface area contributed by atoms with Crippen LogP contribution in [0.5, 0.6) is 17.2 Å². The van der Waals surface area contributed by atoms with Crippen molar-refractivity contribution in [1.29, 1.82) is 0 Å². The van der Waals surface area contributed by atoms with Gasteiger partial charge in [0.15, 0.2) is 17.3 Å². The number of allylic oxidation sites excluding steroid dienone is 2. The molecule has 1 unspecified atom stereocenters. The summed E-state index contributed by atoms with van der Waals surface area (Å²) in [5.74, 6) is -0.697. The summed E-state index contributed by atoms with van der Waals surface area (Å²) in [7, 11) is 5.91. The number of esters is 1. The van der Waals surface area contributed by atoms with Crippen LogP contribution in [0, 0.1) is 5.92 Å². The number of halogens is 1. The van der Waals surface area contributed by atoms with Crippen molar-refractivity contribution in [3.8, 4) is 17.2 Å². The lowest BCUT2D eigenvalue weighted by atomic mass is 9.69. The summed E-state index contributed by atoms with van der Waals surface area (Å²) in [6.45, 7) is 1.79. The molecule has 8 heteroatoms. The molecule has 2 aliphatic rings. The van der Waals surface area contributed by atoms with E-state index in [9.17, 15) is 9.59 Å². The van der Waals surface area contributed by atoms with Gasteiger partial charge in [0.2, 0.25) is 5.75 Å². The van der Waals surface area contributed by atoms with Crippen LogP contribution in [0.4, 0.5) is 0 Å². The van der Waals surface area contributed by atoms with Gasteiger partial charge in [-0.2, -0.15) is 0 Å². The number of carbonyl (C=O) groups is 2. The molecule has 0 amide bonds. The van der Waals surface area contributed by atoms with E-state index in [4.69, 9.17) is 35.5 Å². The second-order valence-corrected chi connectivity index (χ2v) is 9.01. The quantitative estimate of drug-likeness (QED) is 0.515. The first-order valence-corrected chi connectivity index (χ1v) is 11.7. The number of carbonyl (C=O) groups excluding carboxylic acids is 2. The van der Waals surface area contributed by atoms with Gasteiger partial charge in [-0.25, -0.2) is 0 Å². The number of nitrogens with zero attached hydrogens (tertiary/aromatic N) is 1. The molecule has 7 nitrogen and oxygen atoms in total. The van der Waals surface area contributed by atoms with Crippen molar-refractivity contribution < 1.29 is 28.5 Å². The summed E-state index contributed by atoms with van der Waals surface area (Å²) < 4.78 is 21.7. The average Bonchev–Trinajstić information content (AvgIpc) is 2.86. The summed E-state index contributed by atoms with van der Waals surface area (Å²) in [6.07, 6.45) is 0.808. The first-order valence-electron chi connectivity index (χ1n) is 11.3. The maximum atomic E-state index is 13.7. The van der Waals surface area contributed by atoms with Crippen LogP contribution >= 0.6 is 11.6 Å². The highest BCUT2D eigenvalue weighted by Gasteiger charge is 2.45. The predicted octanol–water partition coefficient (Wildman–Crippen LogP) is 5.11. The summed E-state index contributed by atoms with van der Waals surface area (Å²) in [5, 5.41) is 0.625. The molecule has 0 saturated heterocycles. The lowest BCUT2D eigenvalue weighted by Gasteiger charge is -2.36. The van der Waals surface area contributed by atoms with Crippen molar-refractivity contribution in [2.45, 2.75) is 31.6 Å². The monoisotopic (exact) mass is 497 g/mol. The molecule has 1 aliphatic heterocycles. The Bertz CT molecular complexity index is 1210. The third-order valence-corrected chi connectivity index (χ3v) is 7.08. The zero-order valence-corrected chi connectivity index (χ0v) is 21.1. The van der Waals surface area contributed by atoms with Crippen molar-refractivity contribution >= 4 is 29.1 Å². The van der Waals surface area contributed by atoms with Gasteiger partial charge < -0.3 is 18.9 Å². The van der Waals surface area contributed by atoms with Crippen LogP contribution in [-0.2, 0) is 14.3 Å². The van der Waals surface area contributed by atoms with E-state index < -0.39 is 17.8 Å². The van der Waals surface area contributed by atoms with E-state index in [1.807, 2.05) is 24.3 Å². The molecule has 4 rings (SSSR count). The number of hydrogen-bond acceptors (Lipinski definition) is 7. The maximum absolute atomic E-state index is 13.7. The minimum absolute atomic E-state index is 0.0694. The molecule has 1 heterocycles. The van der Waals surface area contributed by atoms with E-state index in [0.717, 1.165) is 5.56 Å². The Morgan fingerprint density at radius 2 is 1.66 bits per heavy atom. The third kappa shape index (κ3) is 4.41. The van der Waals surface area contributed by atoms with E-state index in [-0.39, 0.29) is 18.1 Å². The van der Waals surface area contributed by atoms with Gasteiger partial charge in [-0.15, -0.1) is 0 Å². The number of aliphatic imine (C=N–C) groups is 1. The zero-order chi connectivity index (χ0) is 25.3. The Balaban J connectivity index is 1.89. The Morgan fingerprint density at radius 3 is 2.23 bits per heavy atom. The van der Waals surface area contributed by atoms with Crippen LogP contribution in [0.15, 0.2) is 52.7 Å². The second-order valence-electron chi connectivity index (χ2n) is 8.60. The lowest BCUT2D eigenvalue weighted by molar-refractivity contribution is -0.143. The van der Waals surface area contributed by atoms with Crippen LogP contribution in [0.1, 0.15) is 42.7 Å². The fourth-order valence-electron chi connectivity index (χ4n) is 5.16. The van der Waals surface area contributed by atoms with Gasteiger partial charge in [0.1, 0.15) is 5.92 Å². The third-order valence-electron chi connectivity index (χ3n) is 6.73. The SMILES string of the molecule is COC(=O)C1C(C)=NC2=C(C(=O)C[C@H](c3ccccc3Cl)C2)[C@@H]1c1cc(OC)c(OC)c(OC)c1. The molecule has 184 valence electrons. The topological polar surface area (TPSA) is 83.4 Å². The summed E-state index contributed by atoms with van der Waals surface area (Å²) >= 11 is 6.45. The second kappa shape index (κ2) is 10.1. The molecule has 0 fully saturated rings. The van der Waals surface area contributed by atoms with Gasteiger partial charge in [-0.1, -0.05) is 29.8 Å². The van der Waals surface area contributed by atoms with Gasteiger partial charge in [0.05, 0.1) is 28.4 Å². The van der Waals surface area contributed by atoms with Crippen molar-refractivity contribution in [3.05, 3.63) is 63.8 Å². The van der Waals surface area contributed by atoms with Crippen molar-refractivity contribution in [2.75, 3.05) is 28.4 Å². The van der Waals surface area contributed by atoms with Gasteiger partial charge in [-0.05, 0) is 48.6 Å². The lowest BCUT2D eigenvalue weighted by Crippen LogP contribution is -2.37. The molecule has 3 atom stereocenters. The minimum Gasteiger partial charge on any atom is -0.493 e. The van der Waals surface area contributed by atoms with Gasteiger partial charge >= 0.3 is 5.97 Å². The fourth-order valence-corrected chi connectivity index (χ4v) is 5.45. The summed E-state index contributed by atoms with van der Waals surface area (Å²) in [5.41, 5.74) is 3.37. The molecule has 35 heavy (non-hydrogen) atoms. The number of ketones is 1. The molecule has 0 radical (unpaired) electrons. The molecule has 0 aromatic heterocycles. The molecular formula is C27H28ClNO6. The number of methoxy groups -OCH3 is 4. The number of hydrogen-bond donors (Lipinski definition) is 0. The van der Waals surface area contributed by atoms with Gasteiger partial charge in [-0.3, -0.25) is 14.6 Å². The maximum Gasteiger partial charge on any atom is 0.315 e. The van der Waals surface area contributed by atoms with Gasteiger partial charge in [0.25, 0.3) is 0 Å². The summed E-state index contributed by atoms with van der Waals surface area (Å²) in [6, 6.07) is 11.1. The molecular weight excluding hydrogens is 470 g/mol. The van der Waals surface area contributed by atoms with E-state index in [0.29, 0.717) is 51.2 Å². The number of ether oxygens (including phenoxy) is 4. The normalized spacial score (nSPS) is 21.7. The first-order chi connectivity index (χ1) is 16.8. The minimum atomic E-state index is -0.762. The zero-order valence-electron chi connectivity index (χ0n) is 20.4. The van der Waals surface area contributed by atoms with Crippen molar-refractivity contribution in [3.63, 3.8) is 0 Å². The largest absolute Gasteiger partial charge is 0.493 e. The first kappa shape index (κ1) is 24.8. The fraction of sp³-hybridized carbons (Fsp3) is 0.370. The molecule has 2 aromatic rings. The highest BCUT2D eigenvalue weighted by molar-refractivity contribution is 6.31. The number of rotatable bonds is 6. The van der Waals surface area contributed by atoms with Crippen molar-refractivity contribution in [1.82, 2.24) is 0 Å². The van der Waals surface area contributed by atoms with Crippen LogP contribution in [0.3, 0.4) is 0 Å². The van der Waals surface area contributed by atoms with Crippen LogP contribution in [0.25, 0.3) is 0 Å².